The molecule has 0 amide bonds. The normalized spacial score (nSPS) is 11.7. The zero-order chi connectivity index (χ0) is 28.3. The van der Waals surface area contributed by atoms with Gasteiger partial charge in [0.15, 0.2) is 0 Å². The van der Waals surface area contributed by atoms with Crippen molar-refractivity contribution >= 4 is 63.8 Å². The van der Waals surface area contributed by atoms with Gasteiger partial charge in [0.05, 0.1) is 0 Å². The summed E-state index contributed by atoms with van der Waals surface area (Å²) in [5.41, 5.74) is 7.58. The number of rotatable bonds is 3. The van der Waals surface area contributed by atoms with Gasteiger partial charge in [0.2, 0.25) is 0 Å². The third kappa shape index (κ3) is 3.69. The van der Waals surface area contributed by atoms with E-state index in [2.05, 4.69) is 158 Å². The summed E-state index contributed by atoms with van der Waals surface area (Å²) in [7, 11) is 0. The van der Waals surface area contributed by atoms with Crippen LogP contribution in [0.25, 0.3) is 85.9 Å². The van der Waals surface area contributed by atoms with Crippen LogP contribution in [-0.2, 0) is 0 Å². The molecule has 9 aromatic rings. The van der Waals surface area contributed by atoms with E-state index in [0.717, 1.165) is 0 Å². The van der Waals surface area contributed by atoms with E-state index in [0.29, 0.717) is 0 Å². The number of thiophene rings is 1. The second-order valence-corrected chi connectivity index (χ2v) is 12.3. The Morgan fingerprint density at radius 1 is 0.279 bits per heavy atom. The molecule has 0 fully saturated rings. The van der Waals surface area contributed by atoms with E-state index in [9.17, 15) is 0 Å². The van der Waals surface area contributed by atoms with E-state index in [-0.39, 0.29) is 0 Å². The van der Waals surface area contributed by atoms with Gasteiger partial charge in [-0.3, -0.25) is 0 Å². The first-order chi connectivity index (χ1) is 21.4. The highest BCUT2D eigenvalue weighted by Crippen LogP contribution is 2.49. The average Bonchev–Trinajstić information content (AvgIpc) is 3.47. The highest BCUT2D eigenvalue weighted by atomic mass is 32.1. The lowest BCUT2D eigenvalue weighted by molar-refractivity contribution is 1.59. The van der Waals surface area contributed by atoms with Crippen molar-refractivity contribution in [3.63, 3.8) is 0 Å². The van der Waals surface area contributed by atoms with E-state index >= 15 is 0 Å². The lowest BCUT2D eigenvalue weighted by Gasteiger charge is -2.20. The zero-order valence-corrected chi connectivity index (χ0v) is 24.2. The first-order valence-corrected chi connectivity index (χ1v) is 15.6. The van der Waals surface area contributed by atoms with Crippen LogP contribution in [-0.4, -0.2) is 0 Å². The lowest BCUT2D eigenvalue weighted by Crippen LogP contribution is -1.93. The van der Waals surface area contributed by atoms with Gasteiger partial charge in [0.25, 0.3) is 0 Å². The molecule has 0 atom stereocenters. The van der Waals surface area contributed by atoms with Crippen molar-refractivity contribution in [3.05, 3.63) is 158 Å². The molecule has 0 radical (unpaired) electrons. The van der Waals surface area contributed by atoms with Gasteiger partial charge in [-0.05, 0) is 77.8 Å². The minimum absolute atomic E-state index is 1.23. The van der Waals surface area contributed by atoms with Gasteiger partial charge < -0.3 is 0 Å². The van der Waals surface area contributed by atoms with Crippen LogP contribution in [0.2, 0.25) is 0 Å². The third-order valence-corrected chi connectivity index (χ3v) is 10.0. The Kier molecular flexibility index (Phi) is 5.47. The van der Waals surface area contributed by atoms with Crippen molar-refractivity contribution in [2.75, 3.05) is 0 Å². The van der Waals surface area contributed by atoms with Crippen molar-refractivity contribution in [1.29, 1.82) is 0 Å². The molecule has 8 aromatic carbocycles. The third-order valence-electron chi connectivity index (χ3n) is 8.88. The summed E-state index contributed by atoms with van der Waals surface area (Å²) < 4.78 is 2.65. The predicted molar refractivity (Wildman–Crippen MR) is 188 cm³/mol. The van der Waals surface area contributed by atoms with Crippen molar-refractivity contribution in [2.45, 2.75) is 0 Å². The summed E-state index contributed by atoms with van der Waals surface area (Å²) in [6, 6.07) is 57.9. The van der Waals surface area contributed by atoms with Gasteiger partial charge in [-0.2, -0.15) is 0 Å². The Balaban J connectivity index is 1.48. The Morgan fingerprint density at radius 2 is 0.767 bits per heavy atom. The first-order valence-electron chi connectivity index (χ1n) is 14.8. The molecular weight excluding hydrogens is 537 g/mol. The summed E-state index contributed by atoms with van der Waals surface area (Å²) in [6.07, 6.45) is 0. The zero-order valence-electron chi connectivity index (χ0n) is 23.4. The van der Waals surface area contributed by atoms with Gasteiger partial charge in [0.1, 0.15) is 0 Å². The van der Waals surface area contributed by atoms with Gasteiger partial charge >= 0.3 is 0 Å². The smallest absolute Gasteiger partial charge is 0.0361 e. The van der Waals surface area contributed by atoms with Crippen LogP contribution in [0.3, 0.4) is 0 Å². The Morgan fingerprint density at radius 3 is 1.53 bits per heavy atom. The standard InChI is InChI=1S/C42H26S/c1-2-13-27(14-3-1)28-20-10-22-34(40(28)37-24-12-26-39-42(37)36-19-8-9-25-38(36)43-39)35-23-11-21-33-31-16-5-4-15-29(31)30-17-6-7-18-32(30)41(33)35/h1-26H. The molecule has 0 bridgehead atoms. The first kappa shape index (κ1) is 24.4. The number of benzene rings is 8. The molecule has 0 unspecified atom stereocenters. The molecule has 200 valence electrons. The highest BCUT2D eigenvalue weighted by molar-refractivity contribution is 7.25. The van der Waals surface area contributed by atoms with Gasteiger partial charge in [0, 0.05) is 20.2 Å². The quantitative estimate of drug-likeness (QED) is 0.188. The number of hydrogen-bond donors (Lipinski definition) is 0. The minimum Gasteiger partial charge on any atom is -0.135 e. The topological polar surface area (TPSA) is 0 Å². The van der Waals surface area contributed by atoms with Crippen LogP contribution >= 0.6 is 11.3 Å². The van der Waals surface area contributed by atoms with Crippen molar-refractivity contribution in [3.8, 4) is 33.4 Å². The summed E-state index contributed by atoms with van der Waals surface area (Å²) in [5, 5.41) is 10.4. The number of fused-ring (bicyclic) bond motifs is 9. The maximum absolute atomic E-state index is 2.33. The van der Waals surface area contributed by atoms with Crippen LogP contribution in [0.1, 0.15) is 0 Å². The van der Waals surface area contributed by atoms with Crippen LogP contribution in [0.5, 0.6) is 0 Å². The van der Waals surface area contributed by atoms with E-state index in [1.165, 1.54) is 85.9 Å². The van der Waals surface area contributed by atoms with E-state index in [1.807, 2.05) is 11.3 Å². The summed E-state index contributed by atoms with van der Waals surface area (Å²) in [4.78, 5) is 0. The SMILES string of the molecule is c1ccc(-c2cccc(-c3cccc4c5ccccc5c5ccccc5c34)c2-c2cccc3sc4ccccc4c23)cc1. The fraction of sp³-hybridized carbons (Fsp3) is 0. The van der Waals surface area contributed by atoms with E-state index in [4.69, 9.17) is 0 Å². The van der Waals surface area contributed by atoms with E-state index in [1.54, 1.807) is 0 Å². The second kappa shape index (κ2) is 9.66. The lowest BCUT2D eigenvalue weighted by atomic mass is 9.83. The summed E-state index contributed by atoms with van der Waals surface area (Å²) >= 11 is 1.88. The van der Waals surface area contributed by atoms with Crippen LogP contribution in [0.15, 0.2) is 158 Å². The summed E-state index contributed by atoms with van der Waals surface area (Å²) in [5.74, 6) is 0. The molecule has 0 aliphatic heterocycles. The van der Waals surface area contributed by atoms with Gasteiger partial charge in [-0.25, -0.2) is 0 Å². The molecule has 43 heavy (non-hydrogen) atoms. The fourth-order valence-corrected chi connectivity index (χ4v) is 8.22. The summed E-state index contributed by atoms with van der Waals surface area (Å²) in [6.45, 7) is 0. The fourth-order valence-electron chi connectivity index (χ4n) is 7.09. The Hall–Kier alpha value is -5.24. The van der Waals surface area contributed by atoms with E-state index < -0.39 is 0 Å². The van der Waals surface area contributed by atoms with Crippen LogP contribution in [0.4, 0.5) is 0 Å². The molecule has 0 aliphatic rings. The molecule has 1 heteroatoms. The Labute approximate surface area is 254 Å². The molecule has 0 spiro atoms. The molecule has 0 saturated heterocycles. The largest absolute Gasteiger partial charge is 0.135 e. The molecule has 0 N–H and O–H groups in total. The van der Waals surface area contributed by atoms with Crippen LogP contribution in [0, 0.1) is 0 Å². The maximum Gasteiger partial charge on any atom is 0.0361 e. The molecule has 0 saturated carbocycles. The van der Waals surface area contributed by atoms with Crippen molar-refractivity contribution < 1.29 is 0 Å². The second-order valence-electron chi connectivity index (χ2n) is 11.2. The number of hydrogen-bond acceptors (Lipinski definition) is 1. The maximum atomic E-state index is 2.33. The van der Waals surface area contributed by atoms with Gasteiger partial charge in [-0.15, -0.1) is 11.3 Å². The minimum atomic E-state index is 1.23. The molecular formula is C42H26S. The molecule has 1 heterocycles. The highest BCUT2D eigenvalue weighted by Gasteiger charge is 2.21. The Bertz CT molecular complexity index is 2450. The van der Waals surface area contributed by atoms with Crippen molar-refractivity contribution in [2.24, 2.45) is 0 Å². The predicted octanol–water partition coefficient (Wildman–Crippen LogP) is 12.5. The van der Waals surface area contributed by atoms with Crippen LogP contribution < -0.4 is 0 Å². The molecule has 0 nitrogen and oxygen atoms in total. The average molecular weight is 563 g/mol. The molecule has 9 rings (SSSR count). The van der Waals surface area contributed by atoms with Crippen molar-refractivity contribution in [1.82, 2.24) is 0 Å². The monoisotopic (exact) mass is 562 g/mol. The molecule has 0 aliphatic carbocycles. The van der Waals surface area contributed by atoms with Gasteiger partial charge in [-0.1, -0.05) is 146 Å². The molecule has 1 aromatic heterocycles.